The van der Waals surface area contributed by atoms with E-state index in [-0.39, 0.29) is 0 Å². The second-order valence-corrected chi connectivity index (χ2v) is 1.84. The van der Waals surface area contributed by atoms with Gasteiger partial charge in [-0.05, 0) is 14.1 Å². The number of hydrogen-bond acceptors (Lipinski definition) is 2. The van der Waals surface area contributed by atoms with Gasteiger partial charge in [-0.25, -0.2) is 4.79 Å². The van der Waals surface area contributed by atoms with E-state index in [0.717, 1.165) is 0 Å². The Balaban J connectivity index is 3.50. The number of aliphatic carboxylic acids is 1. The van der Waals surface area contributed by atoms with Gasteiger partial charge in [-0.2, -0.15) is 0 Å². The Labute approximate surface area is 54.3 Å². The van der Waals surface area contributed by atoms with Crippen LogP contribution in [0.2, 0.25) is 0 Å². The fourth-order valence-corrected chi connectivity index (χ4v) is 0.273. The van der Waals surface area contributed by atoms with Crippen molar-refractivity contribution in [1.82, 2.24) is 4.90 Å². The van der Waals surface area contributed by atoms with Crippen LogP contribution in [-0.4, -0.2) is 36.6 Å². The van der Waals surface area contributed by atoms with Crippen LogP contribution in [-0.2, 0) is 4.79 Å². The van der Waals surface area contributed by atoms with E-state index in [0.29, 0.717) is 6.54 Å². The van der Waals surface area contributed by atoms with Crippen molar-refractivity contribution in [2.75, 3.05) is 20.6 Å². The van der Waals surface area contributed by atoms with E-state index in [2.05, 4.69) is 5.92 Å². The van der Waals surface area contributed by atoms with Crippen molar-refractivity contribution in [2.45, 2.75) is 0 Å². The van der Waals surface area contributed by atoms with Crippen molar-refractivity contribution in [3.05, 3.63) is 0 Å². The fraction of sp³-hybridized carbons (Fsp3) is 0.500. The topological polar surface area (TPSA) is 40.5 Å². The van der Waals surface area contributed by atoms with Crippen LogP contribution >= 0.6 is 0 Å². The molecule has 0 bridgehead atoms. The van der Waals surface area contributed by atoms with Gasteiger partial charge in [0.15, 0.2) is 0 Å². The molecule has 0 unspecified atom stereocenters. The molecule has 0 radical (unpaired) electrons. The highest BCUT2D eigenvalue weighted by atomic mass is 16.4. The number of carboxylic acid groups (broad SMARTS) is 1. The minimum atomic E-state index is -1.07. The van der Waals surface area contributed by atoms with Gasteiger partial charge in [0.05, 0.1) is 6.54 Å². The maximum Gasteiger partial charge on any atom is 0.381 e. The third-order valence-corrected chi connectivity index (χ3v) is 0.591. The summed E-state index contributed by atoms with van der Waals surface area (Å²) in [5.41, 5.74) is 0. The Morgan fingerprint density at radius 2 is 2.22 bits per heavy atom. The first-order valence-electron chi connectivity index (χ1n) is 2.49. The molecule has 9 heavy (non-hydrogen) atoms. The number of hydrogen-bond donors (Lipinski definition) is 1. The standard InChI is InChI=1S/C6H9NO2/c1-7(2)5-3-4-6(8)9/h5H2,1-2H3,(H,8,9). The molecule has 50 valence electrons. The lowest BCUT2D eigenvalue weighted by Crippen LogP contribution is -2.11. The van der Waals surface area contributed by atoms with Gasteiger partial charge in [0.1, 0.15) is 0 Å². The normalized spacial score (nSPS) is 8.33. The summed E-state index contributed by atoms with van der Waals surface area (Å²) >= 11 is 0. The zero-order valence-corrected chi connectivity index (χ0v) is 5.51. The van der Waals surface area contributed by atoms with Crippen LogP contribution in [0.5, 0.6) is 0 Å². The Bertz CT molecular complexity index is 152. The van der Waals surface area contributed by atoms with Crippen LogP contribution in [0.15, 0.2) is 0 Å². The van der Waals surface area contributed by atoms with Crippen LogP contribution in [0.4, 0.5) is 0 Å². The van der Waals surface area contributed by atoms with Gasteiger partial charge in [0, 0.05) is 5.92 Å². The smallest absolute Gasteiger partial charge is 0.381 e. The van der Waals surface area contributed by atoms with Crippen LogP contribution in [0.1, 0.15) is 0 Å². The first-order valence-corrected chi connectivity index (χ1v) is 2.49. The quantitative estimate of drug-likeness (QED) is 0.489. The fourth-order valence-electron chi connectivity index (χ4n) is 0.273. The molecule has 3 nitrogen and oxygen atoms in total. The van der Waals surface area contributed by atoms with Gasteiger partial charge in [-0.1, -0.05) is 5.92 Å². The van der Waals surface area contributed by atoms with Crippen molar-refractivity contribution in [1.29, 1.82) is 0 Å². The van der Waals surface area contributed by atoms with Gasteiger partial charge >= 0.3 is 5.97 Å². The second-order valence-electron chi connectivity index (χ2n) is 1.84. The molecule has 3 heteroatoms. The van der Waals surface area contributed by atoms with E-state index in [4.69, 9.17) is 5.11 Å². The van der Waals surface area contributed by atoms with Crippen LogP contribution < -0.4 is 0 Å². The van der Waals surface area contributed by atoms with Gasteiger partial charge in [0.25, 0.3) is 0 Å². The van der Waals surface area contributed by atoms with Crippen molar-refractivity contribution in [3.63, 3.8) is 0 Å². The van der Waals surface area contributed by atoms with E-state index >= 15 is 0 Å². The van der Waals surface area contributed by atoms with E-state index in [1.165, 1.54) is 0 Å². The number of rotatable bonds is 1. The average molecular weight is 127 g/mol. The Morgan fingerprint density at radius 1 is 1.67 bits per heavy atom. The summed E-state index contributed by atoms with van der Waals surface area (Å²) in [6.45, 7) is 0.492. The zero-order chi connectivity index (χ0) is 7.28. The second kappa shape index (κ2) is 3.93. The van der Waals surface area contributed by atoms with Crippen LogP contribution in [0.25, 0.3) is 0 Å². The number of nitrogens with zero attached hydrogens (tertiary/aromatic N) is 1. The molecule has 0 aromatic heterocycles. The molecular weight excluding hydrogens is 118 g/mol. The van der Waals surface area contributed by atoms with E-state index in [1.54, 1.807) is 4.90 Å². The SMILES string of the molecule is CN(C)CC#CC(=O)O. The molecule has 0 aliphatic carbocycles. The van der Waals surface area contributed by atoms with Crippen molar-refractivity contribution in [2.24, 2.45) is 0 Å². The highest BCUT2D eigenvalue weighted by Crippen LogP contribution is 1.68. The predicted octanol–water partition coefficient (Wildman–Crippen LogP) is -0.364. The highest BCUT2D eigenvalue weighted by Gasteiger charge is 1.83. The molecular formula is C6H9NO2. The summed E-state index contributed by atoms with van der Waals surface area (Å²) in [4.78, 5) is 11.6. The molecule has 0 atom stereocenters. The van der Waals surface area contributed by atoms with Gasteiger partial charge in [-0.15, -0.1) is 0 Å². The maximum atomic E-state index is 9.79. The summed E-state index contributed by atoms with van der Waals surface area (Å²) in [6.07, 6.45) is 0. The Hall–Kier alpha value is -1.01. The molecule has 0 aliphatic rings. The van der Waals surface area contributed by atoms with E-state index < -0.39 is 5.97 Å². The first-order chi connectivity index (χ1) is 4.13. The lowest BCUT2D eigenvalue weighted by Gasteiger charge is -1.99. The lowest BCUT2D eigenvalue weighted by molar-refractivity contribution is -0.130. The molecule has 0 rings (SSSR count). The Morgan fingerprint density at radius 3 is 2.56 bits per heavy atom. The summed E-state index contributed by atoms with van der Waals surface area (Å²) in [7, 11) is 3.66. The number of carbonyl (C=O) groups is 1. The summed E-state index contributed by atoms with van der Waals surface area (Å²) < 4.78 is 0. The number of carboxylic acids is 1. The molecule has 0 heterocycles. The monoisotopic (exact) mass is 127 g/mol. The maximum absolute atomic E-state index is 9.79. The van der Waals surface area contributed by atoms with Crippen molar-refractivity contribution < 1.29 is 9.90 Å². The molecule has 0 aliphatic heterocycles. The summed E-state index contributed by atoms with van der Waals surface area (Å²) in [6, 6.07) is 0. The van der Waals surface area contributed by atoms with E-state index in [9.17, 15) is 4.79 Å². The minimum absolute atomic E-state index is 0.492. The zero-order valence-electron chi connectivity index (χ0n) is 5.51. The van der Waals surface area contributed by atoms with Crippen molar-refractivity contribution in [3.8, 4) is 11.8 Å². The third kappa shape index (κ3) is 6.99. The molecule has 0 aromatic rings. The van der Waals surface area contributed by atoms with Gasteiger partial charge in [-0.3, -0.25) is 4.90 Å². The largest absolute Gasteiger partial charge is 0.472 e. The molecule has 0 saturated carbocycles. The lowest BCUT2D eigenvalue weighted by atomic mass is 10.5. The van der Waals surface area contributed by atoms with E-state index in [1.807, 2.05) is 20.0 Å². The van der Waals surface area contributed by atoms with Crippen LogP contribution in [0, 0.1) is 11.8 Å². The average Bonchev–Trinajstić information content (AvgIpc) is 1.63. The minimum Gasteiger partial charge on any atom is -0.472 e. The molecule has 1 N–H and O–H groups in total. The van der Waals surface area contributed by atoms with Crippen molar-refractivity contribution >= 4 is 5.97 Å². The third-order valence-electron chi connectivity index (χ3n) is 0.591. The highest BCUT2D eigenvalue weighted by molar-refractivity contribution is 5.86. The summed E-state index contributed by atoms with van der Waals surface area (Å²) in [5, 5.41) is 8.03. The van der Waals surface area contributed by atoms with Crippen LogP contribution in [0.3, 0.4) is 0 Å². The molecule has 0 spiro atoms. The van der Waals surface area contributed by atoms with Gasteiger partial charge in [0.2, 0.25) is 0 Å². The summed E-state index contributed by atoms with van der Waals surface area (Å²) in [5.74, 6) is 3.39. The molecule has 0 saturated heterocycles. The van der Waals surface area contributed by atoms with Gasteiger partial charge < -0.3 is 5.11 Å². The first kappa shape index (κ1) is 7.99. The predicted molar refractivity (Wildman–Crippen MR) is 34.0 cm³/mol. The molecule has 0 fully saturated rings. The molecule has 0 amide bonds. The Kier molecular flexibility index (Phi) is 3.49. The molecule has 0 aromatic carbocycles.